The maximum Gasteiger partial charge on any atom is 0.335 e. The van der Waals surface area contributed by atoms with Crippen molar-refractivity contribution in [1.82, 2.24) is 4.98 Å². The molecule has 0 N–H and O–H groups in total. The van der Waals surface area contributed by atoms with Crippen LogP contribution in [0.4, 0.5) is 0 Å². The second kappa shape index (κ2) is 4.74. The zero-order valence-corrected chi connectivity index (χ0v) is 8.87. The average molecular weight is 220 g/mol. The highest BCUT2D eigenvalue weighted by Crippen LogP contribution is 2.25. The summed E-state index contributed by atoms with van der Waals surface area (Å²) >= 11 is 0. The van der Waals surface area contributed by atoms with Crippen LogP contribution in [0.1, 0.15) is 18.7 Å². The lowest BCUT2D eigenvalue weighted by Crippen LogP contribution is -2.26. The van der Waals surface area contributed by atoms with Gasteiger partial charge in [0.2, 0.25) is 0 Å². The third-order valence-electron chi connectivity index (χ3n) is 2.22. The van der Waals surface area contributed by atoms with E-state index in [2.05, 4.69) is 9.98 Å². The Hall–Kier alpha value is -1.91. The molecule has 84 valence electrons. The molecule has 0 aromatic carbocycles. The van der Waals surface area contributed by atoms with Crippen LogP contribution in [-0.4, -0.2) is 30.0 Å². The number of hydrogen-bond donors (Lipinski definition) is 0. The van der Waals surface area contributed by atoms with Gasteiger partial charge in [-0.1, -0.05) is 6.07 Å². The summed E-state index contributed by atoms with van der Waals surface area (Å²) in [6, 6.07) is 4.80. The zero-order chi connectivity index (χ0) is 11.4. The minimum Gasteiger partial charge on any atom is -0.471 e. The van der Waals surface area contributed by atoms with E-state index in [1.165, 1.54) is 6.40 Å². The maximum absolute atomic E-state index is 11.6. The maximum atomic E-state index is 11.6. The summed E-state index contributed by atoms with van der Waals surface area (Å²) in [5.41, 5.74) is 0.679. The highest BCUT2D eigenvalue weighted by atomic mass is 16.5. The molecule has 2 atom stereocenters. The summed E-state index contributed by atoms with van der Waals surface area (Å²) < 4.78 is 10.2. The van der Waals surface area contributed by atoms with Gasteiger partial charge in [0.1, 0.15) is 0 Å². The number of carbonyl (C=O) groups excluding carboxylic acids is 1. The predicted molar refractivity (Wildman–Crippen MR) is 57.0 cm³/mol. The molecule has 1 aromatic heterocycles. The van der Waals surface area contributed by atoms with Crippen LogP contribution in [0.3, 0.4) is 0 Å². The van der Waals surface area contributed by atoms with Crippen molar-refractivity contribution in [2.45, 2.75) is 19.1 Å². The molecule has 0 bridgehead atoms. The first-order valence-corrected chi connectivity index (χ1v) is 5.07. The summed E-state index contributed by atoms with van der Waals surface area (Å²) in [7, 11) is 0. The molecular weight excluding hydrogens is 208 g/mol. The van der Waals surface area contributed by atoms with E-state index in [4.69, 9.17) is 9.47 Å². The largest absolute Gasteiger partial charge is 0.471 e. The van der Waals surface area contributed by atoms with Crippen molar-refractivity contribution in [3.05, 3.63) is 30.1 Å². The molecule has 0 unspecified atom stereocenters. The van der Waals surface area contributed by atoms with Crippen LogP contribution in [0.25, 0.3) is 0 Å². The van der Waals surface area contributed by atoms with Crippen molar-refractivity contribution in [2.75, 3.05) is 6.61 Å². The van der Waals surface area contributed by atoms with E-state index in [0.717, 1.165) is 0 Å². The van der Waals surface area contributed by atoms with Gasteiger partial charge < -0.3 is 9.47 Å². The molecule has 5 heteroatoms. The number of aromatic nitrogens is 1. The minimum atomic E-state index is -0.644. The Morgan fingerprint density at radius 3 is 3.12 bits per heavy atom. The highest BCUT2D eigenvalue weighted by molar-refractivity contribution is 5.80. The molecule has 0 fully saturated rings. The van der Waals surface area contributed by atoms with Crippen molar-refractivity contribution in [1.29, 1.82) is 0 Å². The monoisotopic (exact) mass is 220 g/mol. The number of rotatable bonds is 3. The fourth-order valence-corrected chi connectivity index (χ4v) is 1.51. The van der Waals surface area contributed by atoms with E-state index in [-0.39, 0.29) is 5.97 Å². The fraction of sp³-hybridized carbons (Fsp3) is 0.364. The molecule has 1 aromatic rings. The van der Waals surface area contributed by atoms with Crippen LogP contribution in [0.15, 0.2) is 29.4 Å². The van der Waals surface area contributed by atoms with Crippen molar-refractivity contribution in [2.24, 2.45) is 4.99 Å². The fourth-order valence-electron chi connectivity index (χ4n) is 1.51. The average Bonchev–Trinajstić information content (AvgIpc) is 2.79. The summed E-state index contributed by atoms with van der Waals surface area (Å²) in [6.45, 7) is 2.09. The number of esters is 1. The third kappa shape index (κ3) is 2.03. The molecule has 0 aliphatic carbocycles. The van der Waals surface area contributed by atoms with Crippen molar-refractivity contribution in [3.8, 4) is 0 Å². The van der Waals surface area contributed by atoms with Gasteiger partial charge in [-0.15, -0.1) is 0 Å². The number of carbonyl (C=O) groups is 1. The lowest BCUT2D eigenvalue weighted by molar-refractivity contribution is -0.146. The number of aliphatic imine (C=N–C) groups is 1. The highest BCUT2D eigenvalue weighted by Gasteiger charge is 2.35. The topological polar surface area (TPSA) is 60.8 Å². The molecule has 0 spiro atoms. The van der Waals surface area contributed by atoms with Gasteiger partial charge in [0.05, 0.1) is 12.3 Å². The van der Waals surface area contributed by atoms with Gasteiger partial charge in [-0.25, -0.2) is 9.79 Å². The molecule has 0 saturated heterocycles. The van der Waals surface area contributed by atoms with Gasteiger partial charge in [0.25, 0.3) is 0 Å². The van der Waals surface area contributed by atoms with Gasteiger partial charge in [0.15, 0.2) is 18.5 Å². The Labute approximate surface area is 93.1 Å². The van der Waals surface area contributed by atoms with Crippen LogP contribution in [0.2, 0.25) is 0 Å². The molecule has 0 saturated carbocycles. The number of nitrogens with zero attached hydrogens (tertiary/aromatic N) is 2. The van der Waals surface area contributed by atoms with Crippen molar-refractivity contribution >= 4 is 12.4 Å². The third-order valence-corrected chi connectivity index (χ3v) is 2.22. The van der Waals surface area contributed by atoms with Crippen LogP contribution >= 0.6 is 0 Å². The first-order valence-electron chi connectivity index (χ1n) is 5.07. The Kier molecular flexibility index (Phi) is 3.14. The molecular formula is C11H12N2O3. The van der Waals surface area contributed by atoms with Gasteiger partial charge in [-0.3, -0.25) is 4.98 Å². The lowest BCUT2D eigenvalue weighted by atomic mass is 10.1. The molecule has 5 nitrogen and oxygen atoms in total. The van der Waals surface area contributed by atoms with Crippen LogP contribution < -0.4 is 0 Å². The minimum absolute atomic E-state index is 0.333. The smallest absolute Gasteiger partial charge is 0.335 e. The molecule has 16 heavy (non-hydrogen) atoms. The number of hydrogen-bond acceptors (Lipinski definition) is 5. The number of pyridine rings is 1. The summed E-state index contributed by atoms with van der Waals surface area (Å²) in [5.74, 6) is -0.382. The summed E-state index contributed by atoms with van der Waals surface area (Å²) in [5, 5.41) is 0. The Balaban J connectivity index is 2.14. The van der Waals surface area contributed by atoms with Crippen molar-refractivity contribution in [3.63, 3.8) is 0 Å². The van der Waals surface area contributed by atoms with Gasteiger partial charge in [-0.05, 0) is 19.1 Å². The number of ether oxygens (including phenoxy) is 2. The predicted octanol–water partition coefficient (Wildman–Crippen LogP) is 1.11. The Bertz CT molecular complexity index is 391. The van der Waals surface area contributed by atoms with Crippen LogP contribution in [0.5, 0.6) is 0 Å². The quantitative estimate of drug-likeness (QED) is 0.716. The standard InChI is InChI=1S/C11H12N2O3/c1-2-15-11(14)9-10(16-7-13-9)8-5-3-4-6-12-8/h3-7,9-10H,2H2,1H3/t9-,10-/m1/s1. The first kappa shape index (κ1) is 10.6. The van der Waals surface area contributed by atoms with Crippen LogP contribution in [0, 0.1) is 0 Å². The Morgan fingerprint density at radius 2 is 2.44 bits per heavy atom. The normalized spacial score (nSPS) is 22.8. The summed E-state index contributed by atoms with van der Waals surface area (Å²) in [6.07, 6.45) is 2.46. The van der Waals surface area contributed by atoms with E-state index in [1.807, 2.05) is 6.07 Å². The Morgan fingerprint density at radius 1 is 1.56 bits per heavy atom. The summed E-state index contributed by atoms with van der Waals surface area (Å²) in [4.78, 5) is 19.7. The van der Waals surface area contributed by atoms with Crippen molar-refractivity contribution < 1.29 is 14.3 Å². The zero-order valence-electron chi connectivity index (χ0n) is 8.87. The second-order valence-corrected chi connectivity index (χ2v) is 3.26. The molecule has 1 aliphatic heterocycles. The van der Waals surface area contributed by atoms with Gasteiger partial charge in [0, 0.05) is 6.20 Å². The van der Waals surface area contributed by atoms with E-state index in [9.17, 15) is 4.79 Å². The second-order valence-electron chi connectivity index (χ2n) is 3.26. The van der Waals surface area contributed by atoms with Gasteiger partial charge in [-0.2, -0.15) is 0 Å². The van der Waals surface area contributed by atoms with E-state index in [0.29, 0.717) is 12.3 Å². The van der Waals surface area contributed by atoms with Gasteiger partial charge >= 0.3 is 5.97 Å². The molecule has 0 amide bonds. The molecule has 0 radical (unpaired) electrons. The van der Waals surface area contributed by atoms with E-state index < -0.39 is 12.1 Å². The SMILES string of the molecule is CCOC(=O)[C@@H]1N=CO[C@@H]1c1ccccn1. The molecule has 1 aliphatic rings. The first-order chi connectivity index (χ1) is 7.83. The molecule has 2 heterocycles. The van der Waals surface area contributed by atoms with E-state index >= 15 is 0 Å². The van der Waals surface area contributed by atoms with Crippen LogP contribution in [-0.2, 0) is 14.3 Å². The lowest BCUT2D eigenvalue weighted by Gasteiger charge is -2.14. The van der Waals surface area contributed by atoms with E-state index in [1.54, 1.807) is 25.3 Å². The molecule has 2 rings (SSSR count).